The summed E-state index contributed by atoms with van der Waals surface area (Å²) in [5.74, 6) is 0.0236. The van der Waals surface area contributed by atoms with Gasteiger partial charge in [0.25, 0.3) is 5.91 Å². The molecule has 0 aliphatic carbocycles. The molecule has 0 radical (unpaired) electrons. The Kier molecular flexibility index (Phi) is 3.23. The second-order valence-corrected chi connectivity index (χ2v) is 6.38. The molecule has 0 aliphatic heterocycles. The van der Waals surface area contributed by atoms with Crippen molar-refractivity contribution in [3.8, 4) is 0 Å². The largest absolute Gasteiger partial charge is 0.451 e. The van der Waals surface area contributed by atoms with E-state index in [1.165, 1.54) is 0 Å². The zero-order valence-electron chi connectivity index (χ0n) is 12.3. The molecule has 2 aromatic carbocycles. The van der Waals surface area contributed by atoms with Gasteiger partial charge in [0.2, 0.25) is 0 Å². The lowest BCUT2D eigenvalue weighted by Gasteiger charge is -2.04. The van der Waals surface area contributed by atoms with Gasteiger partial charge in [-0.1, -0.05) is 28.1 Å². The number of halogens is 1. The van der Waals surface area contributed by atoms with Crippen LogP contribution in [0.2, 0.25) is 0 Å². The van der Waals surface area contributed by atoms with Crippen LogP contribution in [0.4, 0.5) is 5.69 Å². The highest BCUT2D eigenvalue weighted by Gasteiger charge is 2.14. The minimum atomic E-state index is -0.267. The smallest absolute Gasteiger partial charge is 0.291 e. The number of para-hydroxylation sites is 1. The Labute approximate surface area is 140 Å². The van der Waals surface area contributed by atoms with Gasteiger partial charge in [-0.05, 0) is 43.3 Å². The highest BCUT2D eigenvalue weighted by atomic mass is 79.9. The zero-order valence-corrected chi connectivity index (χ0v) is 13.9. The summed E-state index contributed by atoms with van der Waals surface area (Å²) >= 11 is 3.40. The first-order chi connectivity index (χ1) is 11.1. The van der Waals surface area contributed by atoms with Gasteiger partial charge in [-0.15, -0.1) is 0 Å². The van der Waals surface area contributed by atoms with Gasteiger partial charge in [0, 0.05) is 20.9 Å². The molecule has 0 saturated carbocycles. The van der Waals surface area contributed by atoms with Gasteiger partial charge in [-0.25, -0.2) is 0 Å². The third kappa shape index (κ3) is 2.53. The molecule has 0 bridgehead atoms. The highest BCUT2D eigenvalue weighted by molar-refractivity contribution is 9.10. The van der Waals surface area contributed by atoms with E-state index in [1.54, 1.807) is 6.07 Å². The summed E-state index contributed by atoms with van der Waals surface area (Å²) in [5, 5.41) is 4.87. The Bertz CT molecular complexity index is 1050. The molecule has 23 heavy (non-hydrogen) atoms. The van der Waals surface area contributed by atoms with Crippen LogP contribution in [0.1, 0.15) is 16.2 Å². The SMILES string of the molecule is Cc1cc2cccc(NC(=O)c3cc4ccc(Br)cc4o3)c2[nH]1. The number of nitrogens with one attached hydrogen (secondary N) is 2. The van der Waals surface area contributed by atoms with Gasteiger partial charge in [0.15, 0.2) is 5.76 Å². The van der Waals surface area contributed by atoms with Crippen molar-refractivity contribution < 1.29 is 9.21 Å². The lowest BCUT2D eigenvalue weighted by atomic mass is 10.2. The number of carbonyl (C=O) groups is 1. The number of hydrogen-bond acceptors (Lipinski definition) is 2. The second-order valence-electron chi connectivity index (χ2n) is 5.47. The van der Waals surface area contributed by atoms with E-state index in [-0.39, 0.29) is 5.91 Å². The molecule has 0 atom stereocenters. The molecule has 4 rings (SSSR count). The quantitative estimate of drug-likeness (QED) is 0.508. The molecule has 2 heterocycles. The molecule has 0 aliphatic rings. The Morgan fingerprint density at radius 1 is 1.13 bits per heavy atom. The third-order valence-electron chi connectivity index (χ3n) is 3.74. The van der Waals surface area contributed by atoms with Crippen LogP contribution < -0.4 is 5.32 Å². The number of aromatic nitrogens is 1. The van der Waals surface area contributed by atoms with Gasteiger partial charge in [0.05, 0.1) is 11.2 Å². The fourth-order valence-electron chi connectivity index (χ4n) is 2.70. The van der Waals surface area contributed by atoms with E-state index in [9.17, 15) is 4.79 Å². The molecule has 5 heteroatoms. The van der Waals surface area contributed by atoms with Crippen molar-refractivity contribution in [1.82, 2.24) is 4.98 Å². The van der Waals surface area contributed by atoms with E-state index in [2.05, 4.69) is 26.2 Å². The van der Waals surface area contributed by atoms with Crippen LogP contribution in [0.25, 0.3) is 21.9 Å². The first kappa shape index (κ1) is 14.1. The molecule has 2 aromatic heterocycles. The van der Waals surface area contributed by atoms with Crippen LogP contribution in [0.5, 0.6) is 0 Å². The zero-order chi connectivity index (χ0) is 16.0. The van der Waals surface area contributed by atoms with Gasteiger partial charge in [-0.2, -0.15) is 0 Å². The normalized spacial score (nSPS) is 11.2. The number of aromatic amines is 1. The lowest BCUT2D eigenvalue weighted by Crippen LogP contribution is -2.11. The predicted molar refractivity (Wildman–Crippen MR) is 94.9 cm³/mol. The van der Waals surface area contributed by atoms with Gasteiger partial charge >= 0.3 is 0 Å². The molecule has 1 amide bonds. The number of fused-ring (bicyclic) bond motifs is 2. The Hall–Kier alpha value is -2.53. The standard InChI is InChI=1S/C18H13BrN2O2/c1-10-7-12-3-2-4-14(17(12)20-10)21-18(22)16-8-11-5-6-13(19)9-15(11)23-16/h2-9,20H,1H3,(H,21,22). The maximum atomic E-state index is 12.5. The molecule has 114 valence electrons. The van der Waals surface area contributed by atoms with E-state index in [0.29, 0.717) is 11.3 Å². The number of amides is 1. The summed E-state index contributed by atoms with van der Waals surface area (Å²) in [7, 11) is 0. The molecular weight excluding hydrogens is 356 g/mol. The highest BCUT2D eigenvalue weighted by Crippen LogP contribution is 2.26. The fraction of sp³-hybridized carbons (Fsp3) is 0.0556. The minimum Gasteiger partial charge on any atom is -0.451 e. The van der Waals surface area contributed by atoms with Crippen LogP contribution >= 0.6 is 15.9 Å². The van der Waals surface area contributed by atoms with E-state index in [4.69, 9.17) is 4.42 Å². The second kappa shape index (κ2) is 5.28. The van der Waals surface area contributed by atoms with Crippen molar-refractivity contribution in [2.75, 3.05) is 5.32 Å². The van der Waals surface area contributed by atoms with Crippen LogP contribution in [0, 0.1) is 6.92 Å². The van der Waals surface area contributed by atoms with Crippen molar-refractivity contribution in [3.05, 3.63) is 64.5 Å². The topological polar surface area (TPSA) is 58.0 Å². The van der Waals surface area contributed by atoms with Crippen LogP contribution in [0.3, 0.4) is 0 Å². The number of benzene rings is 2. The van der Waals surface area contributed by atoms with Crippen LogP contribution in [-0.2, 0) is 0 Å². The fourth-order valence-corrected chi connectivity index (χ4v) is 3.04. The average Bonchev–Trinajstić information content (AvgIpc) is 3.09. The number of furan rings is 1. The van der Waals surface area contributed by atoms with Crippen molar-refractivity contribution in [2.24, 2.45) is 0 Å². The van der Waals surface area contributed by atoms with Crippen LogP contribution in [-0.4, -0.2) is 10.9 Å². The summed E-state index contributed by atoms with van der Waals surface area (Å²) in [4.78, 5) is 15.8. The summed E-state index contributed by atoms with van der Waals surface area (Å²) in [5.41, 5.74) is 3.38. The molecule has 4 nitrogen and oxygen atoms in total. The predicted octanol–water partition coefficient (Wildman–Crippen LogP) is 5.24. The number of anilines is 1. The molecule has 0 spiro atoms. The van der Waals surface area contributed by atoms with E-state index >= 15 is 0 Å². The Morgan fingerprint density at radius 3 is 2.87 bits per heavy atom. The van der Waals surface area contributed by atoms with Gasteiger partial charge < -0.3 is 14.7 Å². The minimum absolute atomic E-state index is 0.267. The maximum absolute atomic E-state index is 12.5. The summed E-state index contributed by atoms with van der Waals surface area (Å²) < 4.78 is 6.56. The van der Waals surface area contributed by atoms with Gasteiger partial charge in [0.1, 0.15) is 5.58 Å². The van der Waals surface area contributed by atoms with E-state index < -0.39 is 0 Å². The Balaban J connectivity index is 1.70. The van der Waals surface area contributed by atoms with Crippen molar-refractivity contribution in [3.63, 3.8) is 0 Å². The van der Waals surface area contributed by atoms with Crippen LogP contribution in [0.15, 0.2) is 57.4 Å². The number of aryl methyl sites for hydroxylation is 1. The maximum Gasteiger partial charge on any atom is 0.291 e. The molecule has 4 aromatic rings. The van der Waals surface area contributed by atoms with E-state index in [0.717, 1.165) is 32.1 Å². The molecule has 2 N–H and O–H groups in total. The Morgan fingerprint density at radius 2 is 2.00 bits per heavy atom. The number of rotatable bonds is 2. The van der Waals surface area contributed by atoms with E-state index in [1.807, 2.05) is 49.4 Å². The monoisotopic (exact) mass is 368 g/mol. The first-order valence-corrected chi connectivity index (χ1v) is 7.98. The van der Waals surface area contributed by atoms with Crippen molar-refractivity contribution in [2.45, 2.75) is 6.92 Å². The molecule has 0 unspecified atom stereocenters. The molecular formula is C18H13BrN2O2. The molecule has 0 saturated heterocycles. The third-order valence-corrected chi connectivity index (χ3v) is 4.24. The number of carbonyl (C=O) groups excluding carboxylic acids is 1. The average molecular weight is 369 g/mol. The number of hydrogen-bond donors (Lipinski definition) is 2. The summed E-state index contributed by atoms with van der Waals surface area (Å²) in [6, 6.07) is 15.3. The lowest BCUT2D eigenvalue weighted by molar-refractivity contribution is 0.0999. The van der Waals surface area contributed by atoms with Gasteiger partial charge in [-0.3, -0.25) is 4.79 Å². The van der Waals surface area contributed by atoms with Crippen molar-refractivity contribution in [1.29, 1.82) is 0 Å². The molecule has 0 fully saturated rings. The summed E-state index contributed by atoms with van der Waals surface area (Å²) in [6.45, 7) is 1.99. The first-order valence-electron chi connectivity index (χ1n) is 7.19. The van der Waals surface area contributed by atoms with Crippen molar-refractivity contribution >= 4 is 49.4 Å². The number of H-pyrrole nitrogens is 1. The summed E-state index contributed by atoms with van der Waals surface area (Å²) in [6.07, 6.45) is 0.